The molecule has 0 bridgehead atoms. The third kappa shape index (κ3) is 4.47. The van der Waals surface area contributed by atoms with Crippen LogP contribution in [-0.4, -0.2) is 56.2 Å². The van der Waals surface area contributed by atoms with E-state index in [4.69, 9.17) is 10.5 Å². The Labute approximate surface area is 97.3 Å². The Balaban J connectivity index is 2.32. The van der Waals surface area contributed by atoms with E-state index in [0.717, 1.165) is 39.3 Å². The summed E-state index contributed by atoms with van der Waals surface area (Å²) in [4.78, 5) is 13.8. The van der Waals surface area contributed by atoms with Crippen molar-refractivity contribution in [2.75, 3.05) is 39.4 Å². The Morgan fingerprint density at radius 2 is 2.19 bits per heavy atom. The van der Waals surface area contributed by atoms with Gasteiger partial charge in [-0.3, -0.25) is 9.69 Å². The number of rotatable bonds is 6. The van der Waals surface area contributed by atoms with Gasteiger partial charge in [0.1, 0.15) is 0 Å². The lowest BCUT2D eigenvalue weighted by Gasteiger charge is -2.33. The first-order valence-corrected chi connectivity index (χ1v) is 6.06. The number of hydrogen-bond donors (Lipinski definition) is 2. The molecule has 0 aromatic rings. The van der Waals surface area contributed by atoms with Crippen LogP contribution in [0.5, 0.6) is 0 Å². The Morgan fingerprint density at radius 1 is 1.50 bits per heavy atom. The first-order valence-electron chi connectivity index (χ1n) is 6.06. The number of nitrogens with two attached hydrogens (primary N) is 1. The quantitative estimate of drug-likeness (QED) is 0.648. The van der Waals surface area contributed by atoms with Crippen molar-refractivity contribution in [3.63, 3.8) is 0 Å². The zero-order valence-electron chi connectivity index (χ0n) is 10.1. The average Bonchev–Trinajstić information content (AvgIpc) is 2.34. The van der Waals surface area contributed by atoms with Crippen LogP contribution in [0.25, 0.3) is 0 Å². The van der Waals surface area contributed by atoms with Crippen LogP contribution in [0, 0.1) is 0 Å². The fourth-order valence-electron chi connectivity index (χ4n) is 1.85. The van der Waals surface area contributed by atoms with Crippen LogP contribution in [0.3, 0.4) is 0 Å². The highest BCUT2D eigenvalue weighted by molar-refractivity contribution is 5.76. The minimum atomic E-state index is 0.101. The maximum absolute atomic E-state index is 11.6. The van der Waals surface area contributed by atoms with Crippen LogP contribution < -0.4 is 11.1 Å². The van der Waals surface area contributed by atoms with Crippen molar-refractivity contribution in [2.24, 2.45) is 5.73 Å². The molecule has 5 nitrogen and oxygen atoms in total. The summed E-state index contributed by atoms with van der Waals surface area (Å²) >= 11 is 0. The monoisotopic (exact) mass is 229 g/mol. The van der Waals surface area contributed by atoms with E-state index in [0.29, 0.717) is 13.0 Å². The van der Waals surface area contributed by atoms with Crippen molar-refractivity contribution in [3.8, 4) is 0 Å². The standard InChI is InChI=1S/C11H23N3O2/c1-2-3-13-11(15)8-10(9-12)14-4-6-16-7-5-14/h10H,2-9,12H2,1H3,(H,13,15). The maximum atomic E-state index is 11.6. The molecule has 1 atom stereocenters. The van der Waals surface area contributed by atoms with Gasteiger partial charge >= 0.3 is 0 Å². The van der Waals surface area contributed by atoms with E-state index < -0.39 is 0 Å². The third-order valence-electron chi connectivity index (χ3n) is 2.83. The maximum Gasteiger partial charge on any atom is 0.221 e. The molecule has 1 aliphatic heterocycles. The summed E-state index contributed by atoms with van der Waals surface area (Å²) in [6.45, 7) is 6.56. The topological polar surface area (TPSA) is 67.6 Å². The Hall–Kier alpha value is -0.650. The van der Waals surface area contributed by atoms with E-state index in [1.807, 2.05) is 6.92 Å². The fraction of sp³-hybridized carbons (Fsp3) is 0.909. The first kappa shape index (κ1) is 13.4. The fourth-order valence-corrected chi connectivity index (χ4v) is 1.85. The molecule has 0 spiro atoms. The van der Waals surface area contributed by atoms with Gasteiger partial charge in [0.15, 0.2) is 0 Å². The van der Waals surface area contributed by atoms with Crippen molar-refractivity contribution in [3.05, 3.63) is 0 Å². The van der Waals surface area contributed by atoms with Crippen molar-refractivity contribution in [2.45, 2.75) is 25.8 Å². The summed E-state index contributed by atoms with van der Waals surface area (Å²) in [7, 11) is 0. The van der Waals surface area contributed by atoms with Crippen LogP contribution in [0.2, 0.25) is 0 Å². The van der Waals surface area contributed by atoms with Crippen LogP contribution in [0.1, 0.15) is 19.8 Å². The molecule has 1 fully saturated rings. The van der Waals surface area contributed by atoms with Crippen molar-refractivity contribution >= 4 is 5.91 Å². The molecular formula is C11H23N3O2. The number of amides is 1. The van der Waals surface area contributed by atoms with E-state index >= 15 is 0 Å². The van der Waals surface area contributed by atoms with Crippen LogP contribution >= 0.6 is 0 Å². The Bertz CT molecular complexity index is 205. The minimum absolute atomic E-state index is 0.101. The predicted octanol–water partition coefficient (Wildman–Crippen LogP) is -0.438. The number of nitrogens with zero attached hydrogens (tertiary/aromatic N) is 1. The molecule has 1 heterocycles. The van der Waals surface area contributed by atoms with E-state index in [1.54, 1.807) is 0 Å². The molecule has 0 saturated carbocycles. The molecule has 1 amide bonds. The normalized spacial score (nSPS) is 19.4. The van der Waals surface area contributed by atoms with Gasteiger partial charge in [0.05, 0.1) is 13.2 Å². The molecular weight excluding hydrogens is 206 g/mol. The highest BCUT2D eigenvalue weighted by Gasteiger charge is 2.21. The lowest BCUT2D eigenvalue weighted by molar-refractivity contribution is -0.122. The van der Waals surface area contributed by atoms with Crippen molar-refractivity contribution in [1.82, 2.24) is 10.2 Å². The van der Waals surface area contributed by atoms with E-state index in [-0.39, 0.29) is 11.9 Å². The molecule has 94 valence electrons. The Kier molecular flexibility index (Phi) is 6.37. The van der Waals surface area contributed by atoms with Gasteiger partial charge < -0.3 is 15.8 Å². The summed E-state index contributed by atoms with van der Waals surface area (Å²) < 4.78 is 5.28. The van der Waals surface area contributed by atoms with E-state index in [1.165, 1.54) is 0 Å². The SMILES string of the molecule is CCCNC(=O)CC(CN)N1CCOCC1. The minimum Gasteiger partial charge on any atom is -0.379 e. The summed E-state index contributed by atoms with van der Waals surface area (Å²) in [5.74, 6) is 0.101. The highest BCUT2D eigenvalue weighted by atomic mass is 16.5. The van der Waals surface area contributed by atoms with Crippen LogP contribution in [0.4, 0.5) is 0 Å². The molecule has 0 aromatic carbocycles. The zero-order valence-corrected chi connectivity index (χ0v) is 10.1. The molecule has 1 aliphatic rings. The smallest absolute Gasteiger partial charge is 0.221 e. The number of morpholine rings is 1. The molecule has 1 rings (SSSR count). The molecule has 1 saturated heterocycles. The third-order valence-corrected chi connectivity index (χ3v) is 2.83. The predicted molar refractivity (Wildman–Crippen MR) is 63.2 cm³/mol. The van der Waals surface area contributed by atoms with Gasteiger partial charge in [-0.2, -0.15) is 0 Å². The van der Waals surface area contributed by atoms with Crippen LogP contribution in [-0.2, 0) is 9.53 Å². The molecule has 5 heteroatoms. The highest BCUT2D eigenvalue weighted by Crippen LogP contribution is 2.06. The second-order valence-corrected chi connectivity index (χ2v) is 4.09. The number of nitrogens with one attached hydrogen (secondary N) is 1. The van der Waals surface area contributed by atoms with Gasteiger partial charge in [0, 0.05) is 38.6 Å². The Morgan fingerprint density at radius 3 is 2.75 bits per heavy atom. The van der Waals surface area contributed by atoms with E-state index in [2.05, 4.69) is 10.2 Å². The van der Waals surface area contributed by atoms with Gasteiger partial charge in [0.25, 0.3) is 0 Å². The molecule has 1 unspecified atom stereocenters. The van der Waals surface area contributed by atoms with Gasteiger partial charge in [-0.15, -0.1) is 0 Å². The van der Waals surface area contributed by atoms with Crippen LogP contribution in [0.15, 0.2) is 0 Å². The average molecular weight is 229 g/mol. The van der Waals surface area contributed by atoms with Crippen molar-refractivity contribution < 1.29 is 9.53 Å². The zero-order chi connectivity index (χ0) is 11.8. The number of carbonyl (C=O) groups excluding carboxylic acids is 1. The molecule has 0 radical (unpaired) electrons. The summed E-state index contributed by atoms with van der Waals surface area (Å²) in [6.07, 6.45) is 1.47. The lowest BCUT2D eigenvalue weighted by Crippen LogP contribution is -2.48. The molecule has 3 N–H and O–H groups in total. The van der Waals surface area contributed by atoms with Gasteiger partial charge in [-0.25, -0.2) is 0 Å². The molecule has 16 heavy (non-hydrogen) atoms. The second-order valence-electron chi connectivity index (χ2n) is 4.09. The molecule has 0 aliphatic carbocycles. The number of hydrogen-bond acceptors (Lipinski definition) is 4. The second kappa shape index (κ2) is 7.60. The van der Waals surface area contributed by atoms with Crippen molar-refractivity contribution in [1.29, 1.82) is 0 Å². The summed E-state index contributed by atoms with van der Waals surface area (Å²) in [5.41, 5.74) is 5.72. The van der Waals surface area contributed by atoms with Gasteiger partial charge in [0.2, 0.25) is 5.91 Å². The first-order chi connectivity index (χ1) is 7.77. The van der Waals surface area contributed by atoms with Gasteiger partial charge in [-0.05, 0) is 6.42 Å². The summed E-state index contributed by atoms with van der Waals surface area (Å²) in [6, 6.07) is 0.153. The van der Waals surface area contributed by atoms with E-state index in [9.17, 15) is 4.79 Å². The number of ether oxygens (including phenoxy) is 1. The summed E-state index contributed by atoms with van der Waals surface area (Å²) in [5, 5.41) is 2.88. The number of carbonyl (C=O) groups is 1. The molecule has 0 aromatic heterocycles. The largest absolute Gasteiger partial charge is 0.379 e. The van der Waals surface area contributed by atoms with Gasteiger partial charge in [-0.1, -0.05) is 6.92 Å². The lowest BCUT2D eigenvalue weighted by atomic mass is 10.1.